The second-order valence-corrected chi connectivity index (χ2v) is 7.88. The highest BCUT2D eigenvalue weighted by atomic mass is 35.5. The Labute approximate surface area is 166 Å². The van der Waals surface area contributed by atoms with Gasteiger partial charge in [-0.15, -0.1) is 23.7 Å². The van der Waals surface area contributed by atoms with Crippen LogP contribution in [0.5, 0.6) is 11.5 Å². The molecule has 0 saturated carbocycles. The van der Waals surface area contributed by atoms with Gasteiger partial charge in [0.2, 0.25) is 5.91 Å². The lowest BCUT2D eigenvalue weighted by atomic mass is 10.1. The van der Waals surface area contributed by atoms with Crippen LogP contribution in [-0.2, 0) is 4.79 Å². The first-order chi connectivity index (χ1) is 12.3. The van der Waals surface area contributed by atoms with Gasteiger partial charge in [-0.2, -0.15) is 11.8 Å². The first kappa shape index (κ1) is 19.3. The van der Waals surface area contributed by atoms with Crippen molar-refractivity contribution in [3.05, 3.63) is 23.6 Å². The summed E-state index contributed by atoms with van der Waals surface area (Å²) in [5, 5.41) is 8.84. The molecule has 3 heterocycles. The molecule has 4 rings (SSSR count). The van der Waals surface area contributed by atoms with Crippen molar-refractivity contribution in [1.82, 2.24) is 10.3 Å². The van der Waals surface area contributed by atoms with Gasteiger partial charge < -0.3 is 20.1 Å². The summed E-state index contributed by atoms with van der Waals surface area (Å²) in [6, 6.07) is 6.03. The van der Waals surface area contributed by atoms with Crippen LogP contribution in [0.4, 0.5) is 5.13 Å². The van der Waals surface area contributed by atoms with Crippen molar-refractivity contribution in [1.29, 1.82) is 0 Å². The minimum atomic E-state index is 0. The van der Waals surface area contributed by atoms with Gasteiger partial charge in [0.15, 0.2) is 16.6 Å². The van der Waals surface area contributed by atoms with Crippen LogP contribution in [0, 0.1) is 0 Å². The standard InChI is InChI=1S/C17H19N3O3S2.ClH/c21-16(8-12-9-24-6-3-18-12)20-17-19-13(10-25-17)11-1-2-14-15(7-11)23-5-4-22-14;/h1-2,7,10,12,18H,3-6,8-9H2,(H,19,20,21);1H. The highest BCUT2D eigenvalue weighted by Crippen LogP contribution is 2.35. The molecular formula is C17H20ClN3O3S2. The first-order valence-corrected chi connectivity index (χ1v) is 10.3. The number of thioether (sulfide) groups is 1. The Bertz CT molecular complexity index is 765. The van der Waals surface area contributed by atoms with E-state index in [0.717, 1.165) is 40.8 Å². The summed E-state index contributed by atoms with van der Waals surface area (Å²) in [4.78, 5) is 16.7. The molecule has 0 radical (unpaired) electrons. The number of nitrogens with zero attached hydrogens (tertiary/aromatic N) is 1. The van der Waals surface area contributed by atoms with Gasteiger partial charge in [-0.25, -0.2) is 4.98 Å². The fraction of sp³-hybridized carbons (Fsp3) is 0.412. The van der Waals surface area contributed by atoms with Gasteiger partial charge in [-0.3, -0.25) is 4.79 Å². The number of carbonyl (C=O) groups excluding carboxylic acids is 1. The predicted octanol–water partition coefficient (Wildman–Crippen LogP) is 3.04. The Balaban J connectivity index is 0.00000196. The number of nitrogens with one attached hydrogen (secondary N) is 2. The molecule has 26 heavy (non-hydrogen) atoms. The Morgan fingerprint density at radius 1 is 1.31 bits per heavy atom. The predicted molar refractivity (Wildman–Crippen MR) is 108 cm³/mol. The van der Waals surface area contributed by atoms with Crippen LogP contribution in [0.3, 0.4) is 0 Å². The van der Waals surface area contributed by atoms with E-state index in [1.165, 1.54) is 11.3 Å². The molecule has 2 aliphatic rings. The molecule has 2 N–H and O–H groups in total. The zero-order chi connectivity index (χ0) is 17.1. The number of amides is 1. The number of thiazole rings is 1. The molecule has 2 aromatic rings. The monoisotopic (exact) mass is 413 g/mol. The van der Waals surface area contributed by atoms with Crippen molar-refractivity contribution >= 4 is 46.5 Å². The number of rotatable bonds is 4. The zero-order valence-electron chi connectivity index (χ0n) is 14.0. The van der Waals surface area contributed by atoms with Gasteiger partial charge in [-0.05, 0) is 18.2 Å². The number of halogens is 1. The first-order valence-electron chi connectivity index (χ1n) is 8.24. The van der Waals surface area contributed by atoms with Crippen LogP contribution in [0.2, 0.25) is 0 Å². The third-order valence-corrected chi connectivity index (χ3v) is 5.91. The van der Waals surface area contributed by atoms with Crippen LogP contribution >= 0.6 is 35.5 Å². The van der Waals surface area contributed by atoms with Crippen LogP contribution in [-0.4, -0.2) is 48.2 Å². The largest absolute Gasteiger partial charge is 0.486 e. The lowest BCUT2D eigenvalue weighted by Crippen LogP contribution is -2.39. The number of ether oxygens (including phenoxy) is 2. The highest BCUT2D eigenvalue weighted by Gasteiger charge is 2.18. The second kappa shape index (κ2) is 8.94. The highest BCUT2D eigenvalue weighted by molar-refractivity contribution is 7.99. The average molecular weight is 414 g/mol. The third kappa shape index (κ3) is 4.62. The molecule has 1 unspecified atom stereocenters. The Morgan fingerprint density at radius 3 is 2.96 bits per heavy atom. The van der Waals surface area contributed by atoms with E-state index in [2.05, 4.69) is 15.6 Å². The zero-order valence-corrected chi connectivity index (χ0v) is 16.5. The fourth-order valence-corrected chi connectivity index (χ4v) is 4.50. The number of hydrogen-bond donors (Lipinski definition) is 2. The van der Waals surface area contributed by atoms with E-state index in [4.69, 9.17) is 9.47 Å². The van der Waals surface area contributed by atoms with E-state index < -0.39 is 0 Å². The van der Waals surface area contributed by atoms with Gasteiger partial charge in [0.05, 0.1) is 5.69 Å². The molecule has 1 aromatic heterocycles. The van der Waals surface area contributed by atoms with Crippen LogP contribution < -0.4 is 20.1 Å². The average Bonchev–Trinajstić information content (AvgIpc) is 3.10. The van der Waals surface area contributed by atoms with Crippen molar-refractivity contribution in [3.8, 4) is 22.8 Å². The lowest BCUT2D eigenvalue weighted by molar-refractivity contribution is -0.116. The van der Waals surface area contributed by atoms with Crippen molar-refractivity contribution in [2.24, 2.45) is 0 Å². The fourth-order valence-electron chi connectivity index (χ4n) is 2.81. The van der Waals surface area contributed by atoms with Crippen LogP contribution in [0.1, 0.15) is 6.42 Å². The van der Waals surface area contributed by atoms with Gasteiger partial charge in [0.25, 0.3) is 0 Å². The summed E-state index contributed by atoms with van der Waals surface area (Å²) >= 11 is 3.32. The van der Waals surface area contributed by atoms with Crippen molar-refractivity contribution in [2.75, 3.05) is 36.6 Å². The maximum atomic E-state index is 12.2. The smallest absolute Gasteiger partial charge is 0.227 e. The Kier molecular flexibility index (Phi) is 6.63. The van der Waals surface area contributed by atoms with Gasteiger partial charge in [0, 0.05) is 41.5 Å². The second-order valence-electron chi connectivity index (χ2n) is 5.87. The maximum absolute atomic E-state index is 12.2. The molecule has 9 heteroatoms. The third-order valence-electron chi connectivity index (χ3n) is 4.02. The van der Waals surface area contributed by atoms with Gasteiger partial charge >= 0.3 is 0 Å². The van der Waals surface area contributed by atoms with Crippen molar-refractivity contribution in [3.63, 3.8) is 0 Å². The molecule has 140 valence electrons. The number of aromatic nitrogens is 1. The molecule has 1 atom stereocenters. The molecule has 1 amide bonds. The van der Waals surface area contributed by atoms with Crippen molar-refractivity contribution in [2.45, 2.75) is 12.5 Å². The van der Waals surface area contributed by atoms with E-state index in [1.54, 1.807) is 0 Å². The van der Waals surface area contributed by atoms with E-state index in [-0.39, 0.29) is 24.4 Å². The Hall–Kier alpha value is -1.48. The summed E-state index contributed by atoms with van der Waals surface area (Å²) in [6.45, 7) is 2.10. The van der Waals surface area contributed by atoms with E-state index in [9.17, 15) is 4.79 Å². The van der Waals surface area contributed by atoms with Crippen LogP contribution in [0.15, 0.2) is 23.6 Å². The summed E-state index contributed by atoms with van der Waals surface area (Å²) < 4.78 is 11.2. The SMILES string of the molecule is Cl.O=C(CC1CSCCN1)Nc1nc(-c2ccc3c(c2)OCCO3)cs1. The quantitative estimate of drug-likeness (QED) is 0.802. The summed E-state index contributed by atoms with van der Waals surface area (Å²) in [6.07, 6.45) is 0.478. The number of carbonyl (C=O) groups is 1. The molecule has 0 spiro atoms. The van der Waals surface area contributed by atoms with Gasteiger partial charge in [-0.1, -0.05) is 0 Å². The molecule has 1 saturated heterocycles. The molecule has 0 bridgehead atoms. The van der Waals surface area contributed by atoms with Gasteiger partial charge in [0.1, 0.15) is 13.2 Å². The number of anilines is 1. The normalized spacial score (nSPS) is 18.7. The molecule has 1 aromatic carbocycles. The molecule has 1 fully saturated rings. The minimum absolute atomic E-state index is 0. The topological polar surface area (TPSA) is 72.5 Å². The molecule has 0 aliphatic carbocycles. The molecular weight excluding hydrogens is 394 g/mol. The maximum Gasteiger partial charge on any atom is 0.227 e. The molecule has 6 nitrogen and oxygen atoms in total. The van der Waals surface area contributed by atoms with Crippen molar-refractivity contribution < 1.29 is 14.3 Å². The van der Waals surface area contributed by atoms with Crippen LogP contribution in [0.25, 0.3) is 11.3 Å². The summed E-state index contributed by atoms with van der Waals surface area (Å²) in [5.41, 5.74) is 1.77. The van der Waals surface area contributed by atoms with E-state index in [0.29, 0.717) is 24.8 Å². The molecule has 2 aliphatic heterocycles. The summed E-state index contributed by atoms with van der Waals surface area (Å²) in [7, 11) is 0. The Morgan fingerprint density at radius 2 is 2.15 bits per heavy atom. The number of fused-ring (bicyclic) bond motifs is 1. The van der Waals surface area contributed by atoms with E-state index in [1.807, 2.05) is 35.3 Å². The minimum Gasteiger partial charge on any atom is -0.486 e. The lowest BCUT2D eigenvalue weighted by Gasteiger charge is -2.22. The van der Waals surface area contributed by atoms with E-state index >= 15 is 0 Å². The number of benzene rings is 1. The number of hydrogen-bond acceptors (Lipinski definition) is 7. The summed E-state index contributed by atoms with van der Waals surface area (Å²) in [5.74, 6) is 3.60.